The number of carbonyl (C=O) groups excluding carboxylic acids is 2. The lowest BCUT2D eigenvalue weighted by Gasteiger charge is -2.19. The number of rotatable bonds is 3. The summed E-state index contributed by atoms with van der Waals surface area (Å²) in [5, 5.41) is 11.3. The number of hydrogen-bond acceptors (Lipinski definition) is 7. The van der Waals surface area contributed by atoms with E-state index in [9.17, 15) is 14.7 Å². The molecule has 2 atom stereocenters. The van der Waals surface area contributed by atoms with E-state index in [-0.39, 0.29) is 5.82 Å². The van der Waals surface area contributed by atoms with E-state index in [2.05, 4.69) is 31.6 Å². The van der Waals surface area contributed by atoms with Gasteiger partial charge in [0.05, 0.1) is 12.4 Å². The number of nitrogens with one attached hydrogen (secondary N) is 2. The number of hydrogen-bond donors (Lipinski definition) is 4. The third-order valence-corrected chi connectivity index (χ3v) is 2.83. The number of H-pyrrole nitrogens is 1. The Bertz CT molecular complexity index is 669. The Morgan fingerprint density at radius 3 is 2.90 bits per heavy atom. The van der Waals surface area contributed by atoms with E-state index >= 15 is 0 Å². The number of nitrogens with zero attached hydrogens (tertiary/aromatic N) is 4. The van der Waals surface area contributed by atoms with Gasteiger partial charge in [0.25, 0.3) is 0 Å². The number of carbonyl (C=O) groups is 2. The van der Waals surface area contributed by atoms with Crippen molar-refractivity contribution in [2.75, 3.05) is 11.9 Å². The van der Waals surface area contributed by atoms with Crippen molar-refractivity contribution in [3.05, 3.63) is 12.7 Å². The van der Waals surface area contributed by atoms with E-state index in [0.29, 0.717) is 11.2 Å². The number of urea groups is 1. The number of aromatic nitrogens is 4. The molecule has 2 aromatic heterocycles. The molecule has 0 aromatic carbocycles. The van der Waals surface area contributed by atoms with Crippen molar-refractivity contribution in [1.82, 2.24) is 25.3 Å². The molecule has 5 N–H and O–H groups in total. The maximum absolute atomic E-state index is 12.0. The Labute approximate surface area is 119 Å². The number of imide groups is 1. The predicted molar refractivity (Wildman–Crippen MR) is 72.1 cm³/mol. The molecule has 1 radical (unpaired) electrons. The summed E-state index contributed by atoms with van der Waals surface area (Å²) in [5.41, 5.74) is 6.21. The molecule has 0 spiro atoms. The molecule has 21 heavy (non-hydrogen) atoms. The lowest BCUT2D eigenvalue weighted by Crippen LogP contribution is -2.52. The Morgan fingerprint density at radius 2 is 2.24 bits per heavy atom. The van der Waals surface area contributed by atoms with Crippen LogP contribution >= 0.6 is 0 Å². The normalized spacial score (nSPS) is 13.7. The minimum Gasteiger partial charge on any atom is -0.391 e. The van der Waals surface area contributed by atoms with Gasteiger partial charge in [-0.2, -0.15) is 0 Å². The van der Waals surface area contributed by atoms with Crippen LogP contribution in [0.15, 0.2) is 6.33 Å². The molecule has 0 unspecified atom stereocenters. The van der Waals surface area contributed by atoms with E-state index in [1.54, 1.807) is 0 Å². The molecule has 2 aromatic rings. The monoisotopic (exact) mass is 292 g/mol. The standard InChI is InChI=1S/C11H14N7O3/c1-5(19)6(12)10(20)17-11(21)18(2)9-7-8(14-3-13-7)15-4-16-9/h3,5-6,19H,12H2,1-2H3,(H,17,20,21)(H,13,14,15,16)/t5-,6+/m1/s1. The Kier molecular flexibility index (Phi) is 4.10. The number of aliphatic hydroxyl groups excluding tert-OH is 1. The van der Waals surface area contributed by atoms with Gasteiger partial charge in [0, 0.05) is 7.05 Å². The van der Waals surface area contributed by atoms with Crippen LogP contribution in [0.3, 0.4) is 0 Å². The predicted octanol–water partition coefficient (Wildman–Crippen LogP) is -1.47. The van der Waals surface area contributed by atoms with Crippen LogP contribution < -0.4 is 16.0 Å². The fourth-order valence-corrected chi connectivity index (χ4v) is 1.54. The first kappa shape index (κ1) is 14.8. The van der Waals surface area contributed by atoms with E-state index in [0.717, 1.165) is 4.90 Å². The van der Waals surface area contributed by atoms with Gasteiger partial charge in [0.2, 0.25) is 12.2 Å². The van der Waals surface area contributed by atoms with Crippen LogP contribution in [0, 0.1) is 6.33 Å². The number of aliphatic hydroxyl groups is 1. The van der Waals surface area contributed by atoms with Crippen LogP contribution in [-0.4, -0.2) is 56.2 Å². The van der Waals surface area contributed by atoms with Gasteiger partial charge in [-0.15, -0.1) is 0 Å². The smallest absolute Gasteiger partial charge is 0.329 e. The Morgan fingerprint density at radius 1 is 1.52 bits per heavy atom. The first-order valence-corrected chi connectivity index (χ1v) is 6.01. The summed E-state index contributed by atoms with van der Waals surface area (Å²) in [4.78, 5) is 39.1. The third-order valence-electron chi connectivity index (χ3n) is 2.83. The molecule has 3 amide bonds. The van der Waals surface area contributed by atoms with Crippen molar-refractivity contribution >= 4 is 28.9 Å². The van der Waals surface area contributed by atoms with Gasteiger partial charge in [-0.05, 0) is 6.92 Å². The Hall–Kier alpha value is -2.59. The van der Waals surface area contributed by atoms with Crippen LogP contribution in [-0.2, 0) is 4.79 Å². The average molecular weight is 292 g/mol. The van der Waals surface area contributed by atoms with Crippen LogP contribution in [0.25, 0.3) is 11.2 Å². The van der Waals surface area contributed by atoms with Crippen molar-refractivity contribution < 1.29 is 14.7 Å². The summed E-state index contributed by atoms with van der Waals surface area (Å²) in [7, 11) is 1.41. The van der Waals surface area contributed by atoms with Gasteiger partial charge in [-0.3, -0.25) is 15.0 Å². The summed E-state index contributed by atoms with van der Waals surface area (Å²) in [6, 6.07) is -1.95. The van der Waals surface area contributed by atoms with Crippen molar-refractivity contribution in [1.29, 1.82) is 0 Å². The maximum Gasteiger partial charge on any atom is 0.329 e. The summed E-state index contributed by atoms with van der Waals surface area (Å²) in [5.74, 6) is -0.589. The van der Waals surface area contributed by atoms with E-state index in [1.807, 2.05) is 0 Å². The summed E-state index contributed by atoms with van der Waals surface area (Å²) < 4.78 is 0. The van der Waals surface area contributed by atoms with Gasteiger partial charge in [-0.25, -0.2) is 19.7 Å². The van der Waals surface area contributed by atoms with Crippen molar-refractivity contribution in [3.8, 4) is 0 Å². The zero-order valence-electron chi connectivity index (χ0n) is 11.4. The van der Waals surface area contributed by atoms with Crippen molar-refractivity contribution in [2.45, 2.75) is 19.1 Å². The maximum atomic E-state index is 12.0. The van der Waals surface area contributed by atoms with Crippen molar-refractivity contribution in [3.63, 3.8) is 0 Å². The lowest BCUT2D eigenvalue weighted by atomic mass is 10.2. The van der Waals surface area contributed by atoms with E-state index in [1.165, 1.54) is 20.3 Å². The van der Waals surface area contributed by atoms with E-state index in [4.69, 9.17) is 5.73 Å². The highest BCUT2D eigenvalue weighted by atomic mass is 16.3. The van der Waals surface area contributed by atoms with Gasteiger partial charge in [0.1, 0.15) is 11.6 Å². The molecule has 2 rings (SSSR count). The zero-order chi connectivity index (χ0) is 15.6. The molecule has 2 heterocycles. The fourth-order valence-electron chi connectivity index (χ4n) is 1.54. The molecular weight excluding hydrogens is 278 g/mol. The summed E-state index contributed by atoms with van der Waals surface area (Å²) in [6.45, 7) is 1.35. The largest absolute Gasteiger partial charge is 0.391 e. The second-order valence-corrected chi connectivity index (χ2v) is 4.37. The number of imidazole rings is 1. The molecule has 111 valence electrons. The van der Waals surface area contributed by atoms with Crippen molar-refractivity contribution in [2.24, 2.45) is 5.73 Å². The minimum absolute atomic E-state index is 0.202. The van der Waals surface area contributed by atoms with Gasteiger partial charge in [0.15, 0.2) is 11.5 Å². The summed E-state index contributed by atoms with van der Waals surface area (Å²) >= 11 is 0. The molecule has 0 aliphatic heterocycles. The highest BCUT2D eigenvalue weighted by molar-refractivity contribution is 6.05. The highest BCUT2D eigenvalue weighted by Gasteiger charge is 2.24. The number of aromatic amines is 1. The van der Waals surface area contributed by atoms with Crippen LogP contribution in [0.1, 0.15) is 6.92 Å². The molecule has 0 aliphatic carbocycles. The fraction of sp³-hybridized carbons (Fsp3) is 0.364. The lowest BCUT2D eigenvalue weighted by molar-refractivity contribution is -0.123. The van der Waals surface area contributed by atoms with Crippen LogP contribution in [0.5, 0.6) is 0 Å². The quantitative estimate of drug-likeness (QED) is 0.539. The topological polar surface area (TPSA) is 150 Å². The van der Waals surface area contributed by atoms with Gasteiger partial charge < -0.3 is 15.8 Å². The number of amides is 3. The number of fused-ring (bicyclic) bond motifs is 1. The molecule has 10 nitrogen and oxygen atoms in total. The molecule has 0 fully saturated rings. The highest BCUT2D eigenvalue weighted by Crippen LogP contribution is 2.17. The third kappa shape index (κ3) is 2.95. The number of nitrogens with two attached hydrogens (primary N) is 1. The Balaban J connectivity index is 2.16. The second kappa shape index (κ2) is 5.81. The van der Waals surface area contributed by atoms with Crippen LogP contribution in [0.2, 0.25) is 0 Å². The van der Waals surface area contributed by atoms with E-state index < -0.39 is 24.1 Å². The second-order valence-electron chi connectivity index (χ2n) is 4.37. The average Bonchev–Trinajstić information content (AvgIpc) is 2.93. The molecule has 0 aliphatic rings. The SMILES string of the molecule is C[C@@H](O)[C@H](N)C(=O)NC(=O)N(C)c1n[c]nc2nc[nH]c12. The molecule has 10 heteroatoms. The molecule has 0 saturated carbocycles. The van der Waals surface area contributed by atoms with Gasteiger partial charge >= 0.3 is 6.03 Å². The summed E-state index contributed by atoms with van der Waals surface area (Å²) in [6.07, 6.45) is 2.69. The number of anilines is 1. The van der Waals surface area contributed by atoms with Crippen LogP contribution in [0.4, 0.5) is 10.6 Å². The minimum atomic E-state index is -1.20. The molecule has 0 bridgehead atoms. The first-order chi connectivity index (χ1) is 9.91. The zero-order valence-corrected chi connectivity index (χ0v) is 11.4. The molecular formula is C11H14N7O3. The van der Waals surface area contributed by atoms with Gasteiger partial charge in [-0.1, -0.05) is 0 Å². The molecule has 0 saturated heterocycles. The first-order valence-electron chi connectivity index (χ1n) is 6.01.